The molecule has 11 heteroatoms. The van der Waals surface area contributed by atoms with Crippen molar-refractivity contribution < 1.29 is 45.4 Å². The van der Waals surface area contributed by atoms with E-state index in [4.69, 9.17) is 5.11 Å². The zero-order valence-corrected chi connectivity index (χ0v) is 9.80. The van der Waals surface area contributed by atoms with Crippen molar-refractivity contribution in [3.05, 3.63) is 23.9 Å². The third kappa shape index (κ3) is 3.52. The molecule has 0 saturated carbocycles. The summed E-state index contributed by atoms with van der Waals surface area (Å²) in [5.74, 6) is -13.9. The van der Waals surface area contributed by atoms with Crippen molar-refractivity contribution in [1.29, 1.82) is 0 Å². The molecule has 0 bridgehead atoms. The summed E-state index contributed by atoms with van der Waals surface area (Å²) in [5, 5.41) is 8.51. The summed E-state index contributed by atoms with van der Waals surface area (Å²) in [5.41, 5.74) is -0.352. The summed E-state index contributed by atoms with van der Waals surface area (Å²) < 4.78 is 90.3. The number of carboxylic acids is 1. The number of hydrogen-bond donors (Lipinski definition) is 1. The average Bonchev–Trinajstić information content (AvgIpc) is 2.35. The number of alkyl halides is 7. The van der Waals surface area contributed by atoms with E-state index in [9.17, 15) is 35.5 Å². The van der Waals surface area contributed by atoms with Crippen molar-refractivity contribution in [2.75, 3.05) is 6.61 Å². The molecule has 1 rings (SSSR count). The Morgan fingerprint density at radius 1 is 1.14 bits per heavy atom. The summed E-state index contributed by atoms with van der Waals surface area (Å²) >= 11 is 0. The molecule has 1 aromatic heterocycles. The summed E-state index contributed by atoms with van der Waals surface area (Å²) in [7, 11) is 0. The highest BCUT2D eigenvalue weighted by molar-refractivity contribution is 5.87. The van der Waals surface area contributed by atoms with Crippen molar-refractivity contribution in [3.63, 3.8) is 0 Å². The number of hydrogen-bond acceptors (Lipinski definition) is 3. The maximum Gasteiger partial charge on any atom is 0.460 e. The molecule has 1 N–H and O–H groups in total. The Bertz CT molecular complexity index is 512. The molecule has 0 radical (unpaired) electrons. The van der Waals surface area contributed by atoms with E-state index < -0.39 is 36.5 Å². The monoisotopic (exact) mass is 321 g/mol. The van der Waals surface area contributed by atoms with Gasteiger partial charge in [0.1, 0.15) is 0 Å². The first-order chi connectivity index (χ1) is 9.38. The lowest BCUT2D eigenvalue weighted by Gasteiger charge is -2.27. The summed E-state index contributed by atoms with van der Waals surface area (Å²) in [6.45, 7) is -2.28. The zero-order valence-electron chi connectivity index (χ0n) is 9.80. The number of rotatable bonds is 5. The number of pyridine rings is 1. The predicted octanol–water partition coefficient (Wildman–Crippen LogP) is 2.99. The zero-order chi connectivity index (χ0) is 16.5. The van der Waals surface area contributed by atoms with Crippen LogP contribution in [0.25, 0.3) is 0 Å². The van der Waals surface area contributed by atoms with Gasteiger partial charge < -0.3 is 9.84 Å². The molecular weight excluding hydrogens is 315 g/mol. The molecule has 0 aliphatic rings. The van der Waals surface area contributed by atoms with Gasteiger partial charge in [-0.1, -0.05) is 0 Å². The van der Waals surface area contributed by atoms with Gasteiger partial charge in [-0.05, 0) is 6.07 Å². The predicted molar refractivity (Wildman–Crippen MR) is 52.6 cm³/mol. The fraction of sp³-hybridized carbons (Fsp3) is 0.400. The van der Waals surface area contributed by atoms with Gasteiger partial charge >= 0.3 is 24.0 Å². The van der Waals surface area contributed by atoms with Crippen LogP contribution in [0.2, 0.25) is 0 Å². The third-order valence-electron chi connectivity index (χ3n) is 2.20. The van der Waals surface area contributed by atoms with Crippen LogP contribution in [0, 0.1) is 0 Å². The van der Waals surface area contributed by atoms with Crippen LogP contribution in [0.5, 0.6) is 5.88 Å². The van der Waals surface area contributed by atoms with Gasteiger partial charge in [0.2, 0.25) is 5.88 Å². The minimum Gasteiger partial charge on any atom is -0.478 e. The fourth-order valence-corrected chi connectivity index (χ4v) is 1.05. The van der Waals surface area contributed by atoms with Crippen LogP contribution in [0.3, 0.4) is 0 Å². The van der Waals surface area contributed by atoms with Crippen molar-refractivity contribution in [2.45, 2.75) is 18.0 Å². The lowest BCUT2D eigenvalue weighted by atomic mass is 10.2. The molecule has 1 aromatic rings. The van der Waals surface area contributed by atoms with Gasteiger partial charge in [0, 0.05) is 12.3 Å². The number of aromatic nitrogens is 1. The number of halogens is 7. The highest BCUT2D eigenvalue weighted by atomic mass is 19.4. The van der Waals surface area contributed by atoms with Gasteiger partial charge in [-0.25, -0.2) is 9.78 Å². The second-order valence-electron chi connectivity index (χ2n) is 3.76. The molecule has 1 heterocycles. The molecule has 0 amide bonds. The van der Waals surface area contributed by atoms with Crippen LogP contribution in [0.1, 0.15) is 10.4 Å². The molecule has 0 aliphatic carbocycles. The van der Waals surface area contributed by atoms with E-state index in [1.807, 2.05) is 0 Å². The first-order valence-electron chi connectivity index (χ1n) is 5.03. The van der Waals surface area contributed by atoms with E-state index in [1.165, 1.54) is 0 Å². The van der Waals surface area contributed by atoms with E-state index in [1.54, 1.807) is 0 Å². The lowest BCUT2D eigenvalue weighted by Crippen LogP contribution is -2.54. The molecule has 0 fully saturated rings. The van der Waals surface area contributed by atoms with Crippen molar-refractivity contribution in [3.8, 4) is 5.88 Å². The minimum atomic E-state index is -6.44. The Balaban J connectivity index is 2.80. The Kier molecular flexibility index (Phi) is 4.34. The number of nitrogens with zero attached hydrogens (tertiary/aromatic N) is 1. The standard InChI is InChI=1S/C10H6F7NO3/c11-8(12,9(13,14)10(15,16)17)4-21-6-2-1-5(3-18-6)7(19)20/h1-3H,4H2,(H,19,20). The quantitative estimate of drug-likeness (QED) is 0.847. The molecule has 0 unspecified atom stereocenters. The van der Waals surface area contributed by atoms with Crippen LogP contribution >= 0.6 is 0 Å². The molecule has 0 aliphatic heterocycles. The summed E-state index contributed by atoms with van der Waals surface area (Å²) in [6, 6.07) is 1.59. The van der Waals surface area contributed by atoms with Gasteiger partial charge in [-0.3, -0.25) is 0 Å². The van der Waals surface area contributed by atoms with Crippen LogP contribution in [-0.4, -0.2) is 40.7 Å². The van der Waals surface area contributed by atoms with Crippen molar-refractivity contribution >= 4 is 5.97 Å². The van der Waals surface area contributed by atoms with E-state index in [0.29, 0.717) is 6.20 Å². The lowest BCUT2D eigenvalue weighted by molar-refractivity contribution is -0.358. The molecule has 4 nitrogen and oxygen atoms in total. The second kappa shape index (κ2) is 5.37. The van der Waals surface area contributed by atoms with E-state index in [0.717, 1.165) is 12.1 Å². The van der Waals surface area contributed by atoms with Gasteiger partial charge in [0.25, 0.3) is 0 Å². The second-order valence-corrected chi connectivity index (χ2v) is 3.76. The number of aromatic carboxylic acids is 1. The SMILES string of the molecule is O=C(O)c1ccc(OCC(F)(F)C(F)(F)C(F)(F)F)nc1. The van der Waals surface area contributed by atoms with Crippen molar-refractivity contribution in [1.82, 2.24) is 4.98 Å². The smallest absolute Gasteiger partial charge is 0.460 e. The van der Waals surface area contributed by atoms with Gasteiger partial charge in [-0.15, -0.1) is 0 Å². The molecule has 21 heavy (non-hydrogen) atoms. The highest BCUT2D eigenvalue weighted by Gasteiger charge is 2.73. The number of ether oxygens (including phenoxy) is 1. The maximum atomic E-state index is 12.9. The summed E-state index contributed by atoms with van der Waals surface area (Å²) in [6.07, 6.45) is -5.78. The topological polar surface area (TPSA) is 59.4 Å². The normalized spacial score (nSPS) is 13.1. The molecule has 118 valence electrons. The summed E-state index contributed by atoms with van der Waals surface area (Å²) in [4.78, 5) is 13.6. The van der Waals surface area contributed by atoms with E-state index in [2.05, 4.69) is 9.72 Å². The third-order valence-corrected chi connectivity index (χ3v) is 2.20. The van der Waals surface area contributed by atoms with Gasteiger partial charge in [-0.2, -0.15) is 30.7 Å². The van der Waals surface area contributed by atoms with Crippen LogP contribution in [0.15, 0.2) is 18.3 Å². The van der Waals surface area contributed by atoms with Crippen LogP contribution in [-0.2, 0) is 0 Å². The molecular formula is C10H6F7NO3. The Morgan fingerprint density at radius 3 is 2.10 bits per heavy atom. The largest absolute Gasteiger partial charge is 0.478 e. The fourth-order valence-electron chi connectivity index (χ4n) is 1.05. The maximum absolute atomic E-state index is 12.9. The Morgan fingerprint density at radius 2 is 1.71 bits per heavy atom. The Hall–Kier alpha value is -2.07. The highest BCUT2D eigenvalue weighted by Crippen LogP contribution is 2.46. The minimum absolute atomic E-state index is 0.352. The number of carboxylic acid groups (broad SMARTS) is 1. The molecule has 0 aromatic carbocycles. The van der Waals surface area contributed by atoms with Crippen molar-refractivity contribution in [2.24, 2.45) is 0 Å². The van der Waals surface area contributed by atoms with E-state index in [-0.39, 0.29) is 5.56 Å². The van der Waals surface area contributed by atoms with Crippen LogP contribution < -0.4 is 4.74 Å². The first-order valence-corrected chi connectivity index (χ1v) is 5.03. The molecule has 0 atom stereocenters. The van der Waals surface area contributed by atoms with E-state index >= 15 is 0 Å². The first kappa shape index (κ1) is 17.0. The number of carbonyl (C=O) groups is 1. The van der Waals surface area contributed by atoms with Crippen LogP contribution in [0.4, 0.5) is 30.7 Å². The molecule has 0 spiro atoms. The molecule has 0 saturated heterocycles. The average molecular weight is 321 g/mol. The van der Waals surface area contributed by atoms with Gasteiger partial charge in [0.05, 0.1) is 5.56 Å². The van der Waals surface area contributed by atoms with Gasteiger partial charge in [0.15, 0.2) is 6.61 Å². The Labute approximate surface area is 112 Å².